The van der Waals surface area contributed by atoms with Crippen molar-refractivity contribution in [1.29, 1.82) is 0 Å². The molecule has 1 unspecified atom stereocenters. The second kappa shape index (κ2) is 32.2. The zero-order chi connectivity index (χ0) is 35.7. The molecule has 0 aliphatic heterocycles. The monoisotopic (exact) mass is 695 g/mol. The van der Waals surface area contributed by atoms with Gasteiger partial charge in [0.15, 0.2) is 5.78 Å². The van der Waals surface area contributed by atoms with Crippen LogP contribution in [-0.2, 0) is 23.5 Å². The number of hydrogen-bond donors (Lipinski definition) is 2. The first kappa shape index (κ1) is 46.0. The Hall–Kier alpha value is -2.05. The van der Waals surface area contributed by atoms with Gasteiger partial charge in [0.2, 0.25) is 11.4 Å². The van der Waals surface area contributed by atoms with Crippen LogP contribution in [0.15, 0.2) is 24.3 Å². The molecule has 48 heavy (non-hydrogen) atoms. The first-order valence-corrected chi connectivity index (χ1v) is 20.6. The van der Waals surface area contributed by atoms with E-state index in [1.54, 1.807) is 0 Å². The molecule has 0 heterocycles. The molecular weight excluding hydrogens is 625 g/mol. The van der Waals surface area contributed by atoms with Gasteiger partial charge in [0, 0.05) is 12.8 Å². The second-order valence-corrected chi connectivity index (χ2v) is 14.2. The van der Waals surface area contributed by atoms with Crippen LogP contribution in [0.25, 0.3) is 0 Å². The predicted octanol–water partition coefficient (Wildman–Crippen LogP) is 11.4. The lowest BCUT2D eigenvalue weighted by molar-refractivity contribution is -0.162. The highest BCUT2D eigenvalue weighted by Crippen LogP contribution is 2.32. The lowest BCUT2D eigenvalue weighted by atomic mass is 9.90. The Bertz CT molecular complexity index is 954. The number of nitrogens with zero attached hydrogens (tertiary/aromatic N) is 1. The number of hydrogen-bond acceptors (Lipinski definition) is 6. The third-order valence-corrected chi connectivity index (χ3v) is 10.0. The van der Waals surface area contributed by atoms with E-state index in [4.69, 9.17) is 0 Å². The van der Waals surface area contributed by atoms with Gasteiger partial charge in [-0.05, 0) is 64.2 Å². The third-order valence-electron chi connectivity index (χ3n) is 9.12. The van der Waals surface area contributed by atoms with E-state index in [1.807, 2.05) is 0 Å². The van der Waals surface area contributed by atoms with E-state index in [1.165, 1.54) is 77.0 Å². The number of carboxylic acid groups (broad SMARTS) is 1. The molecule has 0 aliphatic carbocycles. The van der Waals surface area contributed by atoms with Crippen molar-refractivity contribution in [3.63, 3.8) is 0 Å². The number of amides is 1. The summed E-state index contributed by atoms with van der Waals surface area (Å²) in [7, 11) is -3.74. The number of allylic oxidation sites excluding steroid dienone is 4. The summed E-state index contributed by atoms with van der Waals surface area (Å²) in [4.78, 5) is 38.3. The van der Waals surface area contributed by atoms with Crippen molar-refractivity contribution in [2.75, 3.05) is 6.61 Å². The fourth-order valence-electron chi connectivity index (χ4n) is 6.01. The summed E-state index contributed by atoms with van der Waals surface area (Å²) in [6, 6.07) is 0. The maximum atomic E-state index is 13.1. The quantitative estimate of drug-likeness (QED) is 0.0292. The number of carbonyl (C=O) groups is 3. The van der Waals surface area contributed by atoms with Crippen molar-refractivity contribution >= 4 is 25.5 Å². The zero-order valence-electron chi connectivity index (χ0n) is 30.6. The molecule has 0 radical (unpaired) electrons. The number of carbonyl (C=O) groups excluding carboxylic acids is 2. The first-order valence-electron chi connectivity index (χ1n) is 19.4. The van der Waals surface area contributed by atoms with Crippen LogP contribution >= 0.6 is 7.83 Å². The maximum Gasteiger partial charge on any atom is 0.430 e. The summed E-state index contributed by atoms with van der Waals surface area (Å²) in [5.41, 5.74) is -2.81. The van der Waals surface area contributed by atoms with Gasteiger partial charge in [-0.25, -0.2) is 18.6 Å². The van der Waals surface area contributed by atoms with Crippen LogP contribution in [0.5, 0.6) is 0 Å². The molecule has 1 atom stereocenters. The molecule has 9 heteroatoms. The van der Waals surface area contributed by atoms with Crippen molar-refractivity contribution in [2.45, 2.75) is 199 Å². The Balaban J connectivity index is 4.44. The second-order valence-electron chi connectivity index (χ2n) is 13.4. The van der Waals surface area contributed by atoms with Gasteiger partial charge in [-0.15, -0.1) is 0 Å². The molecule has 0 aromatic carbocycles. The van der Waals surface area contributed by atoms with Gasteiger partial charge >= 0.3 is 13.8 Å². The molecule has 0 rings (SSSR count). The molecule has 1 amide bonds. The van der Waals surface area contributed by atoms with Gasteiger partial charge in [0.1, 0.15) is 0 Å². The van der Waals surface area contributed by atoms with Crippen molar-refractivity contribution < 1.29 is 33.7 Å². The Morgan fingerprint density at radius 2 is 0.875 bits per heavy atom. The first-order chi connectivity index (χ1) is 23.3. The lowest BCUT2D eigenvalue weighted by Gasteiger charge is -2.32. The van der Waals surface area contributed by atoms with Crippen molar-refractivity contribution in [3.8, 4) is 0 Å². The van der Waals surface area contributed by atoms with Gasteiger partial charge in [0.25, 0.3) is 0 Å². The number of rotatable bonds is 35. The lowest BCUT2D eigenvalue weighted by Crippen LogP contribution is -2.61. The Kier molecular flexibility index (Phi) is 30.8. The molecule has 8 nitrogen and oxygen atoms in total. The number of ketones is 1. The molecule has 0 aromatic rings. The van der Waals surface area contributed by atoms with E-state index in [-0.39, 0.29) is 17.5 Å². The smallest absolute Gasteiger partial charge is 0.430 e. The fourth-order valence-corrected chi connectivity index (χ4v) is 6.83. The summed E-state index contributed by atoms with van der Waals surface area (Å²) in [5.74, 6) is -3.73. The van der Waals surface area contributed by atoms with Gasteiger partial charge in [0.05, 0.1) is 6.61 Å². The molecule has 0 aromatic heterocycles. The normalized spacial score (nSPS) is 12.9. The molecule has 2 N–H and O–H groups in total. The number of carboxylic acids is 1. The van der Waals surface area contributed by atoms with Crippen LogP contribution in [0.2, 0.25) is 0 Å². The molecule has 0 fully saturated rings. The van der Waals surface area contributed by atoms with Crippen LogP contribution in [0.3, 0.4) is 0 Å². The summed E-state index contributed by atoms with van der Waals surface area (Å²) in [6.07, 6.45) is 36.3. The number of aliphatic hydroxyl groups is 1. The Morgan fingerprint density at radius 1 is 0.542 bits per heavy atom. The minimum Gasteiger partial charge on any atom is -0.479 e. The number of aliphatic hydroxyl groups excluding tert-OH is 1. The molecule has 0 saturated carbocycles. The van der Waals surface area contributed by atoms with E-state index >= 15 is 0 Å². The van der Waals surface area contributed by atoms with E-state index in [9.17, 15) is 33.7 Å². The van der Waals surface area contributed by atoms with Crippen LogP contribution in [-0.4, -0.2) is 44.7 Å². The minimum absolute atomic E-state index is 0.110. The molecule has 0 bridgehead atoms. The van der Waals surface area contributed by atoms with Gasteiger partial charge in [-0.1, -0.05) is 141 Å². The molecule has 278 valence electrons. The molecular formula is C39H70NO7P. The Labute approximate surface area is 293 Å². The topological polar surface area (TPSA) is 129 Å². The largest absolute Gasteiger partial charge is 0.479 e. The van der Waals surface area contributed by atoms with E-state index in [0.717, 1.165) is 64.2 Å². The van der Waals surface area contributed by atoms with E-state index in [2.05, 4.69) is 38.2 Å². The predicted molar refractivity (Wildman–Crippen MR) is 197 cm³/mol. The number of unbranched alkanes of at least 4 members (excludes halogenated alkanes) is 22. The summed E-state index contributed by atoms with van der Waals surface area (Å²) < 4.78 is 24.4. The van der Waals surface area contributed by atoms with Crippen LogP contribution in [0.1, 0.15) is 194 Å². The van der Waals surface area contributed by atoms with E-state index in [0.29, 0.717) is 25.7 Å². The van der Waals surface area contributed by atoms with Crippen molar-refractivity contribution in [2.24, 2.45) is 0 Å². The standard InChI is InChI=1S/C39H70NO7P/c1-3-5-7-9-11-13-15-17-19-21-23-25-27-29-31-33-36(42)39(35-41,38(44)45)40(48(46)47)37(43)34-32-30-28-26-24-22-20-18-16-14-12-10-8-6-4-2/h17-20,41H,3-16,21-35H2,1-2H3,(H,44,45). The zero-order valence-corrected chi connectivity index (χ0v) is 31.5. The highest BCUT2D eigenvalue weighted by atomic mass is 31.1. The SMILES string of the molecule is CCCCCCCCC=CCCCCCCCC(=O)N(P(=O)=O)C(CO)(C(=O)O)C(=O)CCCCCCCC=CCCCCCCCC. The fraction of sp³-hybridized carbons (Fsp3) is 0.821. The molecule has 0 spiro atoms. The number of Topliss-reactive ketones (excluding diaryl/α,β-unsaturated/α-hetero) is 1. The molecule has 0 aliphatic rings. The van der Waals surface area contributed by atoms with Crippen LogP contribution in [0, 0.1) is 0 Å². The van der Waals surface area contributed by atoms with Gasteiger partial charge in [-0.2, -0.15) is 0 Å². The molecule has 0 saturated heterocycles. The summed E-state index contributed by atoms with van der Waals surface area (Å²) >= 11 is 0. The van der Waals surface area contributed by atoms with Crippen molar-refractivity contribution in [1.82, 2.24) is 4.67 Å². The maximum absolute atomic E-state index is 13.1. The minimum atomic E-state index is -3.74. The number of aliphatic carboxylic acids is 1. The van der Waals surface area contributed by atoms with Gasteiger partial charge in [-0.3, -0.25) is 9.59 Å². The van der Waals surface area contributed by atoms with Crippen LogP contribution < -0.4 is 0 Å². The van der Waals surface area contributed by atoms with E-state index < -0.39 is 37.6 Å². The highest BCUT2D eigenvalue weighted by Gasteiger charge is 2.54. The summed E-state index contributed by atoms with van der Waals surface area (Å²) in [6.45, 7) is 3.17. The summed E-state index contributed by atoms with van der Waals surface area (Å²) in [5, 5.41) is 20.0. The van der Waals surface area contributed by atoms with Crippen molar-refractivity contribution in [3.05, 3.63) is 24.3 Å². The average molecular weight is 696 g/mol. The Morgan fingerprint density at radius 3 is 1.21 bits per heavy atom. The average Bonchev–Trinajstić information content (AvgIpc) is 3.06. The highest BCUT2D eigenvalue weighted by molar-refractivity contribution is 7.29. The third kappa shape index (κ3) is 21.8. The van der Waals surface area contributed by atoms with Crippen LogP contribution in [0.4, 0.5) is 0 Å². The van der Waals surface area contributed by atoms with Gasteiger partial charge < -0.3 is 10.2 Å².